The highest BCUT2D eigenvalue weighted by molar-refractivity contribution is 6.26. The van der Waals surface area contributed by atoms with E-state index in [1.165, 1.54) is 63.0 Å². The van der Waals surface area contributed by atoms with Crippen LogP contribution in [0.1, 0.15) is 26.2 Å². The van der Waals surface area contributed by atoms with Crippen LogP contribution in [0.4, 0.5) is 20.2 Å². The molecule has 1 aromatic heterocycles. The normalized spacial score (nSPS) is 11.1. The van der Waals surface area contributed by atoms with Crippen molar-refractivity contribution in [2.75, 3.05) is 31.4 Å². The van der Waals surface area contributed by atoms with Gasteiger partial charge in [0.1, 0.15) is 17.1 Å². The fourth-order valence-corrected chi connectivity index (χ4v) is 4.13. The van der Waals surface area contributed by atoms with E-state index < -0.39 is 23.4 Å². The highest BCUT2D eigenvalue weighted by Gasteiger charge is 2.20. The summed E-state index contributed by atoms with van der Waals surface area (Å²) in [5, 5.41) is 8.69. The zero-order chi connectivity index (χ0) is 30.8. The molecule has 4 rings (SSSR count). The monoisotopic (exact) mass is 590 g/mol. The molecule has 9 nitrogen and oxygen atoms in total. The van der Waals surface area contributed by atoms with Crippen molar-refractivity contribution in [1.29, 1.82) is 0 Å². The number of carbonyl (C=O) groups is 2. The Morgan fingerprint density at radius 1 is 0.814 bits per heavy atom. The molecule has 43 heavy (non-hydrogen) atoms. The first-order valence-corrected chi connectivity index (χ1v) is 13.6. The lowest BCUT2D eigenvalue weighted by atomic mass is 10.1. The average molecular weight is 591 g/mol. The van der Waals surface area contributed by atoms with Crippen LogP contribution in [0, 0.1) is 11.6 Å². The van der Waals surface area contributed by atoms with E-state index in [4.69, 9.17) is 14.2 Å². The molecule has 0 unspecified atom stereocenters. The lowest BCUT2D eigenvalue weighted by molar-refractivity contribution is -0.118. The zero-order valence-corrected chi connectivity index (χ0v) is 24.0. The molecular weight excluding hydrogens is 558 g/mol. The molecule has 4 aromatic rings. The van der Waals surface area contributed by atoms with Crippen LogP contribution in [-0.2, 0) is 9.59 Å². The van der Waals surface area contributed by atoms with Gasteiger partial charge in [-0.25, -0.2) is 8.78 Å². The number of unbranched alkanes of at least 4 members (excludes halogenated alkanes) is 2. The fraction of sp³-hybridized carbons (Fsp3) is 0.219. The van der Waals surface area contributed by atoms with Gasteiger partial charge in [-0.15, -0.1) is 0 Å². The van der Waals surface area contributed by atoms with Gasteiger partial charge in [0.25, 0.3) is 11.8 Å². The summed E-state index contributed by atoms with van der Waals surface area (Å²) in [6.07, 6.45) is 5.68. The predicted molar refractivity (Wildman–Crippen MR) is 161 cm³/mol. The molecule has 1 heterocycles. The maximum atomic E-state index is 15.2. The third-order valence-corrected chi connectivity index (χ3v) is 6.38. The second-order valence-corrected chi connectivity index (χ2v) is 9.42. The van der Waals surface area contributed by atoms with Gasteiger partial charge < -0.3 is 30.2 Å². The second kappa shape index (κ2) is 14.6. The molecular formula is C32H32F2N4O5. The highest BCUT2D eigenvalue weighted by atomic mass is 19.1. The van der Waals surface area contributed by atoms with Gasteiger partial charge in [0, 0.05) is 47.8 Å². The SMILES string of the molecule is CCCCCN/C=C(\C(=O)Nc1ccc(F)cc1)C(=O)Nc1ccc(Oc2ccnc3cc(OC)c(OC)cc23)c(F)c1. The van der Waals surface area contributed by atoms with Crippen LogP contribution in [0.25, 0.3) is 10.9 Å². The number of amides is 2. The van der Waals surface area contributed by atoms with Gasteiger partial charge in [-0.3, -0.25) is 14.6 Å². The molecule has 0 aliphatic carbocycles. The maximum absolute atomic E-state index is 15.2. The van der Waals surface area contributed by atoms with Crippen molar-refractivity contribution in [3.63, 3.8) is 0 Å². The number of pyridine rings is 1. The standard InChI is InChI=1S/C32H32F2N4O5/c1-4-5-6-14-35-19-24(31(39)37-21-9-7-20(33)8-10-21)32(40)38-22-11-12-28(25(34)16-22)43-27-13-15-36-26-18-30(42-3)29(41-2)17-23(26)27/h7-13,15-19,35H,4-6,14H2,1-3H3,(H,37,39)(H,38,40)/b24-19+. The number of methoxy groups -OCH3 is 2. The maximum Gasteiger partial charge on any atom is 0.262 e. The molecule has 0 spiro atoms. The van der Waals surface area contributed by atoms with E-state index in [2.05, 4.69) is 27.9 Å². The number of nitrogens with zero attached hydrogens (tertiary/aromatic N) is 1. The molecule has 11 heteroatoms. The Kier molecular flexibility index (Phi) is 10.5. The average Bonchev–Trinajstić information content (AvgIpc) is 3.00. The number of benzene rings is 3. The van der Waals surface area contributed by atoms with Crippen LogP contribution >= 0.6 is 0 Å². The number of rotatable bonds is 13. The summed E-state index contributed by atoms with van der Waals surface area (Å²) in [5.74, 6) is -1.51. The van der Waals surface area contributed by atoms with E-state index in [-0.39, 0.29) is 17.0 Å². The lowest BCUT2D eigenvalue weighted by Crippen LogP contribution is -2.27. The molecule has 3 aromatic carbocycles. The van der Waals surface area contributed by atoms with Crippen LogP contribution in [0.3, 0.4) is 0 Å². The van der Waals surface area contributed by atoms with Crippen molar-refractivity contribution in [3.05, 3.63) is 90.3 Å². The van der Waals surface area contributed by atoms with Crippen molar-refractivity contribution < 1.29 is 32.6 Å². The van der Waals surface area contributed by atoms with Crippen molar-refractivity contribution in [2.24, 2.45) is 0 Å². The second-order valence-electron chi connectivity index (χ2n) is 9.42. The Balaban J connectivity index is 1.52. The minimum absolute atomic E-state index is 0.0947. The molecule has 0 aliphatic rings. The summed E-state index contributed by atoms with van der Waals surface area (Å²) in [6.45, 7) is 2.62. The van der Waals surface area contributed by atoms with Crippen molar-refractivity contribution in [3.8, 4) is 23.0 Å². The van der Waals surface area contributed by atoms with Gasteiger partial charge in [-0.1, -0.05) is 19.8 Å². The first-order valence-electron chi connectivity index (χ1n) is 13.6. The summed E-state index contributed by atoms with van der Waals surface area (Å²) in [7, 11) is 3.02. The number of aromatic nitrogens is 1. The quantitative estimate of drug-likeness (QED) is 0.0700. The van der Waals surface area contributed by atoms with E-state index in [9.17, 15) is 14.0 Å². The molecule has 0 atom stereocenters. The van der Waals surface area contributed by atoms with E-state index in [1.54, 1.807) is 18.2 Å². The molecule has 224 valence electrons. The number of nitrogens with one attached hydrogen (secondary N) is 3. The number of hydrogen-bond acceptors (Lipinski definition) is 7. The van der Waals surface area contributed by atoms with Crippen LogP contribution in [-0.4, -0.2) is 37.6 Å². The summed E-state index contributed by atoms with van der Waals surface area (Å²) in [5.41, 5.74) is 0.728. The van der Waals surface area contributed by atoms with Crippen molar-refractivity contribution in [1.82, 2.24) is 10.3 Å². The largest absolute Gasteiger partial charge is 0.493 e. The van der Waals surface area contributed by atoms with Gasteiger partial charge >= 0.3 is 0 Å². The number of ether oxygens (including phenoxy) is 3. The predicted octanol–water partition coefficient (Wildman–Crippen LogP) is 6.56. The van der Waals surface area contributed by atoms with Gasteiger partial charge in [0.15, 0.2) is 23.1 Å². The minimum atomic E-state index is -0.767. The van der Waals surface area contributed by atoms with Crippen LogP contribution < -0.4 is 30.2 Å². The Morgan fingerprint density at radius 3 is 2.16 bits per heavy atom. The Labute approximate surface area is 247 Å². The first kappa shape index (κ1) is 30.8. The third kappa shape index (κ3) is 7.97. The van der Waals surface area contributed by atoms with Gasteiger partial charge in [0.2, 0.25) is 0 Å². The number of carbonyl (C=O) groups excluding carboxylic acids is 2. The van der Waals surface area contributed by atoms with Crippen molar-refractivity contribution in [2.45, 2.75) is 26.2 Å². The smallest absolute Gasteiger partial charge is 0.262 e. The molecule has 0 bridgehead atoms. The first-order chi connectivity index (χ1) is 20.8. The van der Waals surface area contributed by atoms with E-state index in [0.29, 0.717) is 40.4 Å². The van der Waals surface area contributed by atoms with E-state index in [1.807, 2.05) is 0 Å². The van der Waals surface area contributed by atoms with E-state index in [0.717, 1.165) is 25.3 Å². The summed E-state index contributed by atoms with van der Waals surface area (Å²) in [6, 6.07) is 14.0. The van der Waals surface area contributed by atoms with Crippen LogP contribution in [0.2, 0.25) is 0 Å². The highest BCUT2D eigenvalue weighted by Crippen LogP contribution is 2.37. The number of anilines is 2. The fourth-order valence-electron chi connectivity index (χ4n) is 4.13. The lowest BCUT2D eigenvalue weighted by Gasteiger charge is -2.14. The molecule has 2 amide bonds. The molecule has 0 aliphatic heterocycles. The summed E-state index contributed by atoms with van der Waals surface area (Å²) < 4.78 is 45.0. The number of hydrogen-bond donors (Lipinski definition) is 3. The molecule has 3 N–H and O–H groups in total. The zero-order valence-electron chi connectivity index (χ0n) is 24.0. The Hall–Kier alpha value is -5.19. The summed E-state index contributed by atoms with van der Waals surface area (Å²) >= 11 is 0. The Bertz CT molecular complexity index is 1630. The van der Waals surface area contributed by atoms with Gasteiger partial charge in [-0.2, -0.15) is 0 Å². The van der Waals surface area contributed by atoms with E-state index >= 15 is 4.39 Å². The molecule has 0 saturated heterocycles. The van der Waals surface area contributed by atoms with Crippen molar-refractivity contribution >= 4 is 34.1 Å². The van der Waals surface area contributed by atoms with Gasteiger partial charge in [-0.05, 0) is 55.0 Å². The Morgan fingerprint density at radius 2 is 1.49 bits per heavy atom. The van der Waals surface area contributed by atoms with Crippen LogP contribution in [0.15, 0.2) is 78.6 Å². The molecule has 0 radical (unpaired) electrons. The topological polar surface area (TPSA) is 111 Å². The third-order valence-electron chi connectivity index (χ3n) is 6.38. The van der Waals surface area contributed by atoms with Crippen LogP contribution in [0.5, 0.6) is 23.0 Å². The minimum Gasteiger partial charge on any atom is -0.493 e. The molecule has 0 fully saturated rings. The molecule has 0 saturated carbocycles. The summed E-state index contributed by atoms with van der Waals surface area (Å²) in [4.78, 5) is 30.4. The number of halogens is 2. The van der Waals surface area contributed by atoms with Gasteiger partial charge in [0.05, 0.1) is 19.7 Å². The number of fused-ring (bicyclic) bond motifs is 1.